The normalized spacial score (nSPS) is 10.9. The van der Waals surface area contributed by atoms with E-state index in [9.17, 15) is 0 Å². The van der Waals surface area contributed by atoms with E-state index in [1.807, 2.05) is 54.7 Å². The Morgan fingerprint density at radius 3 is 2.68 bits per heavy atom. The maximum absolute atomic E-state index is 6.29. The summed E-state index contributed by atoms with van der Waals surface area (Å²) in [6, 6.07) is 10.0. The van der Waals surface area contributed by atoms with E-state index in [1.54, 1.807) is 11.3 Å². The predicted octanol–water partition coefficient (Wildman–Crippen LogP) is 4.08. The van der Waals surface area contributed by atoms with Crippen molar-refractivity contribution in [3.05, 3.63) is 40.9 Å². The zero-order valence-electron chi connectivity index (χ0n) is 10.6. The van der Waals surface area contributed by atoms with E-state index in [2.05, 4.69) is 9.97 Å². The smallest absolute Gasteiger partial charge is 0.171 e. The molecule has 0 amide bonds. The van der Waals surface area contributed by atoms with Gasteiger partial charge in [-0.3, -0.25) is 0 Å². The molecule has 96 valence electrons. The molecule has 2 aromatic heterocycles. The topological polar surface area (TPSA) is 29.0 Å². The first kappa shape index (κ1) is 12.4. The molecule has 1 aromatic carbocycles. The Hall–Kier alpha value is -1.65. The summed E-state index contributed by atoms with van der Waals surface area (Å²) in [5, 5.41) is 3.39. The maximum atomic E-state index is 6.29. The molecule has 0 saturated heterocycles. The molecule has 0 spiro atoms. The number of rotatable bonds is 2. The number of hydrogen-bond acceptors (Lipinski definition) is 4. The van der Waals surface area contributed by atoms with Gasteiger partial charge in [0.2, 0.25) is 0 Å². The van der Waals surface area contributed by atoms with Crippen molar-refractivity contribution >= 4 is 39.5 Å². The van der Waals surface area contributed by atoms with E-state index in [0.717, 1.165) is 21.5 Å². The van der Waals surface area contributed by atoms with Gasteiger partial charge in [0.05, 0.1) is 10.4 Å². The molecular formula is C14H12ClN3S. The zero-order chi connectivity index (χ0) is 13.4. The zero-order valence-corrected chi connectivity index (χ0v) is 12.2. The number of halogens is 1. The lowest BCUT2D eigenvalue weighted by molar-refractivity contribution is 1.13. The van der Waals surface area contributed by atoms with Crippen LogP contribution in [0.4, 0.5) is 5.69 Å². The second kappa shape index (κ2) is 4.79. The van der Waals surface area contributed by atoms with E-state index < -0.39 is 0 Å². The van der Waals surface area contributed by atoms with Crippen molar-refractivity contribution in [3.8, 4) is 10.7 Å². The number of anilines is 1. The molecule has 0 fully saturated rings. The highest BCUT2D eigenvalue weighted by Gasteiger charge is 2.09. The summed E-state index contributed by atoms with van der Waals surface area (Å²) < 4.78 is 0. The number of nitrogens with zero attached hydrogens (tertiary/aromatic N) is 3. The number of fused-ring (bicyclic) bond motifs is 1. The van der Waals surface area contributed by atoms with Crippen LogP contribution in [0, 0.1) is 0 Å². The van der Waals surface area contributed by atoms with E-state index >= 15 is 0 Å². The molecule has 0 radical (unpaired) electrons. The van der Waals surface area contributed by atoms with Gasteiger partial charge in [-0.05, 0) is 29.6 Å². The third-order valence-corrected chi connectivity index (χ3v) is 4.04. The van der Waals surface area contributed by atoms with E-state index in [-0.39, 0.29) is 0 Å². The summed E-state index contributed by atoms with van der Waals surface area (Å²) in [6.07, 6.45) is 0. The molecule has 0 N–H and O–H groups in total. The summed E-state index contributed by atoms with van der Waals surface area (Å²) in [5.74, 6) is 0.685. The Balaban J connectivity index is 2.20. The third kappa shape index (κ3) is 2.29. The minimum Gasteiger partial charge on any atom is -0.378 e. The highest BCUT2D eigenvalue weighted by molar-refractivity contribution is 7.13. The average molecular weight is 290 g/mol. The second-order valence-electron chi connectivity index (χ2n) is 4.41. The summed E-state index contributed by atoms with van der Waals surface area (Å²) in [4.78, 5) is 12.0. The highest BCUT2D eigenvalue weighted by Crippen LogP contribution is 2.29. The fraction of sp³-hybridized carbons (Fsp3) is 0.143. The van der Waals surface area contributed by atoms with Crippen LogP contribution in [-0.2, 0) is 0 Å². The molecule has 0 saturated carbocycles. The molecule has 0 aliphatic heterocycles. The van der Waals surface area contributed by atoms with Crippen LogP contribution in [0.5, 0.6) is 0 Å². The number of thiophene rings is 1. The van der Waals surface area contributed by atoms with Crippen molar-refractivity contribution in [2.45, 2.75) is 0 Å². The third-order valence-electron chi connectivity index (χ3n) is 2.89. The van der Waals surface area contributed by atoms with Crippen molar-refractivity contribution in [2.24, 2.45) is 0 Å². The van der Waals surface area contributed by atoms with Crippen LogP contribution in [0.1, 0.15) is 0 Å². The van der Waals surface area contributed by atoms with Crippen LogP contribution in [-0.4, -0.2) is 24.1 Å². The van der Waals surface area contributed by atoms with Gasteiger partial charge >= 0.3 is 0 Å². The largest absolute Gasteiger partial charge is 0.378 e. The summed E-state index contributed by atoms with van der Waals surface area (Å²) >= 11 is 7.90. The Morgan fingerprint density at radius 1 is 1.16 bits per heavy atom. The molecule has 3 rings (SSSR count). The fourth-order valence-corrected chi connectivity index (χ4v) is 2.76. The molecule has 0 aliphatic rings. The van der Waals surface area contributed by atoms with Crippen molar-refractivity contribution in [1.29, 1.82) is 0 Å². The summed E-state index contributed by atoms with van der Waals surface area (Å²) in [5.41, 5.74) is 1.95. The summed E-state index contributed by atoms with van der Waals surface area (Å²) in [6.45, 7) is 0. The molecular weight excluding hydrogens is 278 g/mol. The van der Waals surface area contributed by atoms with Crippen molar-refractivity contribution in [1.82, 2.24) is 9.97 Å². The van der Waals surface area contributed by atoms with Crippen molar-refractivity contribution < 1.29 is 0 Å². The molecule has 0 atom stereocenters. The fourth-order valence-electron chi connectivity index (χ4n) is 1.87. The van der Waals surface area contributed by atoms with Crippen LogP contribution in [0.25, 0.3) is 21.6 Å². The molecule has 19 heavy (non-hydrogen) atoms. The Morgan fingerprint density at radius 2 is 2.00 bits per heavy atom. The number of aromatic nitrogens is 2. The summed E-state index contributed by atoms with van der Waals surface area (Å²) in [7, 11) is 3.99. The first-order valence-corrected chi connectivity index (χ1v) is 7.09. The molecule has 0 aliphatic carbocycles. The van der Waals surface area contributed by atoms with Gasteiger partial charge in [0.15, 0.2) is 5.82 Å². The highest BCUT2D eigenvalue weighted by atomic mass is 35.5. The van der Waals surface area contributed by atoms with Crippen LogP contribution >= 0.6 is 22.9 Å². The van der Waals surface area contributed by atoms with Gasteiger partial charge in [0.25, 0.3) is 0 Å². The SMILES string of the molecule is CN(C)c1ccc2nc(-c3cccs3)nc(Cl)c2c1. The lowest BCUT2D eigenvalue weighted by Crippen LogP contribution is -2.08. The van der Waals surface area contributed by atoms with Crippen molar-refractivity contribution in [3.63, 3.8) is 0 Å². The van der Waals surface area contributed by atoms with Gasteiger partial charge in [0.1, 0.15) is 5.15 Å². The van der Waals surface area contributed by atoms with E-state index in [1.165, 1.54) is 0 Å². The van der Waals surface area contributed by atoms with Crippen LogP contribution in [0.3, 0.4) is 0 Å². The Bertz CT molecular complexity index is 723. The molecule has 0 unspecified atom stereocenters. The number of benzene rings is 1. The average Bonchev–Trinajstić information content (AvgIpc) is 2.92. The molecule has 5 heteroatoms. The van der Waals surface area contributed by atoms with Gasteiger partial charge in [0, 0.05) is 25.2 Å². The van der Waals surface area contributed by atoms with E-state index in [4.69, 9.17) is 11.6 Å². The van der Waals surface area contributed by atoms with Gasteiger partial charge < -0.3 is 4.90 Å². The lowest BCUT2D eigenvalue weighted by Gasteiger charge is -2.13. The minimum atomic E-state index is 0.497. The van der Waals surface area contributed by atoms with Crippen LogP contribution in [0.2, 0.25) is 5.15 Å². The molecule has 2 heterocycles. The maximum Gasteiger partial charge on any atom is 0.171 e. The van der Waals surface area contributed by atoms with Crippen LogP contribution < -0.4 is 4.90 Å². The van der Waals surface area contributed by atoms with Gasteiger partial charge in [-0.2, -0.15) is 0 Å². The second-order valence-corrected chi connectivity index (χ2v) is 5.72. The van der Waals surface area contributed by atoms with E-state index in [0.29, 0.717) is 11.0 Å². The first-order chi connectivity index (χ1) is 9.15. The van der Waals surface area contributed by atoms with Crippen LogP contribution in [0.15, 0.2) is 35.7 Å². The van der Waals surface area contributed by atoms with Gasteiger partial charge in [-0.1, -0.05) is 17.7 Å². The van der Waals surface area contributed by atoms with Gasteiger partial charge in [-0.15, -0.1) is 11.3 Å². The standard InChI is InChI=1S/C14H12ClN3S/c1-18(2)9-5-6-11-10(8-9)13(15)17-14(16-11)12-4-3-7-19-12/h3-8H,1-2H3. The molecule has 3 nitrogen and oxygen atoms in total. The first-order valence-electron chi connectivity index (χ1n) is 5.83. The molecule has 0 bridgehead atoms. The quantitative estimate of drug-likeness (QED) is 0.666. The Kier molecular flexibility index (Phi) is 3.12. The number of hydrogen-bond donors (Lipinski definition) is 0. The predicted molar refractivity (Wildman–Crippen MR) is 82.2 cm³/mol. The van der Waals surface area contributed by atoms with Gasteiger partial charge in [-0.25, -0.2) is 9.97 Å². The lowest BCUT2D eigenvalue weighted by atomic mass is 10.2. The Labute approximate surface area is 120 Å². The minimum absolute atomic E-state index is 0.497. The monoisotopic (exact) mass is 289 g/mol. The molecule has 3 aromatic rings. The van der Waals surface area contributed by atoms with Crippen molar-refractivity contribution in [2.75, 3.05) is 19.0 Å².